The highest BCUT2D eigenvalue weighted by Crippen LogP contribution is 2.23. The molecule has 0 aliphatic heterocycles. The van der Waals surface area contributed by atoms with Crippen molar-refractivity contribution in [3.8, 4) is 0 Å². The Balaban J connectivity index is 2.19. The van der Waals surface area contributed by atoms with Crippen LogP contribution in [-0.4, -0.2) is 22.9 Å². The van der Waals surface area contributed by atoms with Crippen LogP contribution in [0.2, 0.25) is 0 Å². The molecule has 5 nitrogen and oxygen atoms in total. The van der Waals surface area contributed by atoms with Gasteiger partial charge in [-0.2, -0.15) is 0 Å². The van der Waals surface area contributed by atoms with Crippen molar-refractivity contribution in [1.82, 2.24) is 15.3 Å². The lowest BCUT2D eigenvalue weighted by molar-refractivity contribution is 0.0950. The molecule has 2 aromatic heterocycles. The van der Waals surface area contributed by atoms with Crippen LogP contribution in [0.25, 0.3) is 0 Å². The van der Waals surface area contributed by atoms with E-state index in [9.17, 15) is 4.79 Å². The van der Waals surface area contributed by atoms with Gasteiger partial charge in [0.25, 0.3) is 5.91 Å². The molecule has 6 heteroatoms. The van der Waals surface area contributed by atoms with E-state index in [0.29, 0.717) is 17.9 Å². The normalized spacial score (nSPS) is 11.2. The maximum atomic E-state index is 12.3. The SMILES string of the molecule is CNc1cc(C(=O)NCc2nccs2)cc(C(C)(C)C)n1. The Kier molecular flexibility index (Phi) is 4.57. The van der Waals surface area contributed by atoms with Crippen molar-refractivity contribution < 1.29 is 4.79 Å². The molecule has 0 fully saturated rings. The second kappa shape index (κ2) is 6.22. The standard InChI is InChI=1S/C15H20N4OS/c1-15(2,3)11-7-10(8-12(16-4)19-11)14(20)18-9-13-17-5-6-21-13/h5-8H,9H2,1-4H3,(H,16,19)(H,18,20). The molecule has 0 atom stereocenters. The monoisotopic (exact) mass is 304 g/mol. The van der Waals surface area contributed by atoms with Gasteiger partial charge in [-0.15, -0.1) is 11.3 Å². The number of aromatic nitrogens is 2. The number of rotatable bonds is 4. The molecule has 0 aliphatic carbocycles. The van der Waals surface area contributed by atoms with Crippen molar-refractivity contribution in [2.45, 2.75) is 32.7 Å². The van der Waals surface area contributed by atoms with Crippen molar-refractivity contribution >= 4 is 23.1 Å². The summed E-state index contributed by atoms with van der Waals surface area (Å²) in [5, 5.41) is 8.67. The van der Waals surface area contributed by atoms with E-state index in [4.69, 9.17) is 0 Å². The van der Waals surface area contributed by atoms with Gasteiger partial charge in [-0.05, 0) is 12.1 Å². The zero-order valence-corrected chi connectivity index (χ0v) is 13.5. The molecule has 2 aromatic rings. The summed E-state index contributed by atoms with van der Waals surface area (Å²) in [7, 11) is 1.80. The van der Waals surface area contributed by atoms with Crippen molar-refractivity contribution in [3.05, 3.63) is 40.0 Å². The molecular formula is C15H20N4OS. The molecule has 0 spiro atoms. The number of anilines is 1. The maximum absolute atomic E-state index is 12.3. The van der Waals surface area contributed by atoms with Gasteiger partial charge in [0.2, 0.25) is 0 Å². The number of amides is 1. The third-order valence-electron chi connectivity index (χ3n) is 3.00. The van der Waals surface area contributed by atoms with Crippen LogP contribution >= 0.6 is 11.3 Å². The predicted octanol–water partition coefficient (Wildman–Crippen LogP) is 2.81. The maximum Gasteiger partial charge on any atom is 0.251 e. The van der Waals surface area contributed by atoms with E-state index >= 15 is 0 Å². The van der Waals surface area contributed by atoms with Gasteiger partial charge < -0.3 is 10.6 Å². The topological polar surface area (TPSA) is 66.9 Å². The van der Waals surface area contributed by atoms with Crippen LogP contribution in [0.5, 0.6) is 0 Å². The number of hydrogen-bond acceptors (Lipinski definition) is 5. The fourth-order valence-corrected chi connectivity index (χ4v) is 2.33. The van der Waals surface area contributed by atoms with E-state index in [2.05, 4.69) is 41.4 Å². The third kappa shape index (κ3) is 4.01. The molecule has 0 aliphatic rings. The first-order valence-electron chi connectivity index (χ1n) is 6.77. The van der Waals surface area contributed by atoms with Crippen molar-refractivity contribution in [2.24, 2.45) is 0 Å². The van der Waals surface area contributed by atoms with Crippen LogP contribution in [0.3, 0.4) is 0 Å². The Morgan fingerprint density at radius 2 is 2.10 bits per heavy atom. The molecule has 112 valence electrons. The molecule has 2 N–H and O–H groups in total. The van der Waals surface area contributed by atoms with Gasteiger partial charge in [-0.1, -0.05) is 20.8 Å². The van der Waals surface area contributed by atoms with Crippen LogP contribution in [0.4, 0.5) is 5.82 Å². The van der Waals surface area contributed by atoms with Crippen LogP contribution in [0.1, 0.15) is 41.8 Å². The summed E-state index contributed by atoms with van der Waals surface area (Å²) in [5.74, 6) is 0.580. The Morgan fingerprint density at radius 3 is 2.67 bits per heavy atom. The van der Waals surface area contributed by atoms with E-state index < -0.39 is 0 Å². The number of carbonyl (C=O) groups is 1. The minimum Gasteiger partial charge on any atom is -0.373 e. The number of thiazole rings is 1. The lowest BCUT2D eigenvalue weighted by atomic mass is 9.90. The second-order valence-corrected chi connectivity index (χ2v) is 6.71. The Bertz CT molecular complexity index is 617. The summed E-state index contributed by atoms with van der Waals surface area (Å²) in [6.07, 6.45) is 1.73. The summed E-state index contributed by atoms with van der Waals surface area (Å²) in [4.78, 5) is 21.0. The average molecular weight is 304 g/mol. The third-order valence-corrected chi connectivity index (χ3v) is 3.78. The Morgan fingerprint density at radius 1 is 1.33 bits per heavy atom. The largest absolute Gasteiger partial charge is 0.373 e. The molecule has 0 aromatic carbocycles. The fraction of sp³-hybridized carbons (Fsp3) is 0.400. The predicted molar refractivity (Wildman–Crippen MR) is 85.8 cm³/mol. The molecular weight excluding hydrogens is 284 g/mol. The van der Waals surface area contributed by atoms with Crippen LogP contribution < -0.4 is 10.6 Å². The molecule has 0 saturated heterocycles. The lowest BCUT2D eigenvalue weighted by Gasteiger charge is -2.19. The lowest BCUT2D eigenvalue weighted by Crippen LogP contribution is -2.24. The van der Waals surface area contributed by atoms with Gasteiger partial charge in [0, 0.05) is 35.3 Å². The minimum atomic E-state index is -0.116. The Hall–Kier alpha value is -1.95. The number of pyridine rings is 1. The van der Waals surface area contributed by atoms with Gasteiger partial charge in [-0.25, -0.2) is 9.97 Å². The molecule has 21 heavy (non-hydrogen) atoms. The van der Waals surface area contributed by atoms with E-state index in [1.807, 2.05) is 11.4 Å². The first-order valence-corrected chi connectivity index (χ1v) is 7.65. The summed E-state index contributed by atoms with van der Waals surface area (Å²) >= 11 is 1.52. The van der Waals surface area contributed by atoms with Crippen LogP contribution in [-0.2, 0) is 12.0 Å². The van der Waals surface area contributed by atoms with Crippen LogP contribution in [0.15, 0.2) is 23.7 Å². The first kappa shape index (κ1) is 15.4. The number of nitrogens with zero attached hydrogens (tertiary/aromatic N) is 2. The van der Waals surface area contributed by atoms with Gasteiger partial charge in [0.05, 0.1) is 6.54 Å². The molecule has 2 rings (SSSR count). The van der Waals surface area contributed by atoms with Gasteiger partial charge in [0.1, 0.15) is 10.8 Å². The van der Waals surface area contributed by atoms with E-state index in [0.717, 1.165) is 10.7 Å². The molecule has 0 radical (unpaired) electrons. The molecule has 0 bridgehead atoms. The van der Waals surface area contributed by atoms with E-state index in [1.165, 1.54) is 11.3 Å². The second-order valence-electron chi connectivity index (χ2n) is 5.73. The quantitative estimate of drug-likeness (QED) is 0.911. The highest BCUT2D eigenvalue weighted by molar-refractivity contribution is 7.09. The molecule has 1 amide bonds. The zero-order valence-electron chi connectivity index (χ0n) is 12.7. The van der Waals surface area contributed by atoms with Crippen molar-refractivity contribution in [1.29, 1.82) is 0 Å². The highest BCUT2D eigenvalue weighted by atomic mass is 32.1. The average Bonchev–Trinajstić information content (AvgIpc) is 2.96. The van der Waals surface area contributed by atoms with Crippen LogP contribution in [0, 0.1) is 0 Å². The first-order chi connectivity index (χ1) is 9.90. The number of nitrogens with one attached hydrogen (secondary N) is 2. The molecule has 2 heterocycles. The number of carbonyl (C=O) groups excluding carboxylic acids is 1. The summed E-state index contributed by atoms with van der Waals surface area (Å²) in [6.45, 7) is 6.67. The summed E-state index contributed by atoms with van der Waals surface area (Å²) < 4.78 is 0. The van der Waals surface area contributed by atoms with Gasteiger partial charge >= 0.3 is 0 Å². The van der Waals surface area contributed by atoms with Gasteiger partial charge in [-0.3, -0.25) is 4.79 Å². The van der Waals surface area contributed by atoms with Gasteiger partial charge in [0.15, 0.2) is 0 Å². The Labute approximate surface area is 128 Å². The highest BCUT2D eigenvalue weighted by Gasteiger charge is 2.19. The fourth-order valence-electron chi connectivity index (χ4n) is 1.77. The summed E-state index contributed by atoms with van der Waals surface area (Å²) in [5.41, 5.74) is 1.38. The van der Waals surface area contributed by atoms with Crippen molar-refractivity contribution in [3.63, 3.8) is 0 Å². The summed E-state index contributed by atoms with van der Waals surface area (Å²) in [6, 6.07) is 3.60. The van der Waals surface area contributed by atoms with Crippen molar-refractivity contribution in [2.75, 3.05) is 12.4 Å². The number of hydrogen-bond donors (Lipinski definition) is 2. The zero-order chi connectivity index (χ0) is 15.5. The smallest absolute Gasteiger partial charge is 0.251 e. The molecule has 0 saturated carbocycles. The van der Waals surface area contributed by atoms with E-state index in [1.54, 1.807) is 19.3 Å². The molecule has 0 unspecified atom stereocenters. The minimum absolute atomic E-state index is 0.114. The van der Waals surface area contributed by atoms with E-state index in [-0.39, 0.29) is 11.3 Å².